The maximum absolute atomic E-state index is 12.9. The van der Waals surface area contributed by atoms with Crippen molar-refractivity contribution in [3.05, 3.63) is 44.9 Å². The summed E-state index contributed by atoms with van der Waals surface area (Å²) in [5.74, 6) is -0.680. The molecule has 0 aliphatic heterocycles. The van der Waals surface area contributed by atoms with Gasteiger partial charge in [-0.25, -0.2) is 4.79 Å². The highest BCUT2D eigenvalue weighted by molar-refractivity contribution is 7.07. The zero-order valence-electron chi connectivity index (χ0n) is 17.8. The van der Waals surface area contributed by atoms with Crippen molar-refractivity contribution in [1.82, 2.24) is 15.2 Å². The third kappa shape index (κ3) is 5.68. The minimum absolute atomic E-state index is 0.107. The molecule has 2 aromatic rings. The molecule has 0 spiro atoms. The number of esters is 1. The molecular weight excluding hydrogens is 390 g/mol. The second-order valence-electron chi connectivity index (χ2n) is 6.76. The van der Waals surface area contributed by atoms with Gasteiger partial charge in [-0.05, 0) is 54.9 Å². The molecule has 0 fully saturated rings. The molecule has 0 radical (unpaired) electrons. The van der Waals surface area contributed by atoms with Gasteiger partial charge in [-0.3, -0.25) is 9.69 Å². The number of carbonyl (C=O) groups is 2. The zero-order chi connectivity index (χ0) is 21.4. The van der Waals surface area contributed by atoms with Crippen LogP contribution in [0.1, 0.15) is 57.6 Å². The Morgan fingerprint density at radius 1 is 1.24 bits per heavy atom. The first-order valence-corrected chi connectivity index (χ1v) is 10.8. The Morgan fingerprint density at radius 2 is 1.97 bits per heavy atom. The van der Waals surface area contributed by atoms with E-state index in [1.807, 2.05) is 5.38 Å². The molecule has 2 aromatic heterocycles. The van der Waals surface area contributed by atoms with Gasteiger partial charge in [0, 0.05) is 19.3 Å². The van der Waals surface area contributed by atoms with E-state index in [-0.39, 0.29) is 18.6 Å². The van der Waals surface area contributed by atoms with Gasteiger partial charge in [0.15, 0.2) is 0 Å². The van der Waals surface area contributed by atoms with Crippen LogP contribution in [0.15, 0.2) is 16.8 Å². The van der Waals surface area contributed by atoms with Gasteiger partial charge in [-0.1, -0.05) is 13.8 Å². The summed E-state index contributed by atoms with van der Waals surface area (Å²) in [7, 11) is 1.55. The first-order chi connectivity index (χ1) is 13.9. The quantitative estimate of drug-likeness (QED) is 0.430. The topological polar surface area (TPSA) is 83.7 Å². The molecule has 2 N–H and O–H groups in total. The Bertz CT molecular complexity index is 797. The normalized spacial score (nSPS) is 12.2. The fourth-order valence-corrected chi connectivity index (χ4v) is 4.14. The average Bonchev–Trinajstić information content (AvgIpc) is 3.33. The maximum atomic E-state index is 12.9. The molecule has 160 valence electrons. The van der Waals surface area contributed by atoms with E-state index in [1.54, 1.807) is 32.3 Å². The van der Waals surface area contributed by atoms with Crippen LogP contribution in [0.2, 0.25) is 0 Å². The van der Waals surface area contributed by atoms with Crippen molar-refractivity contribution < 1.29 is 19.1 Å². The molecule has 29 heavy (non-hydrogen) atoms. The number of aryl methyl sites for hydroxylation is 1. The summed E-state index contributed by atoms with van der Waals surface area (Å²) < 4.78 is 10.1. The minimum Gasteiger partial charge on any atom is -0.460 e. The van der Waals surface area contributed by atoms with Crippen molar-refractivity contribution in [2.45, 2.75) is 33.7 Å². The van der Waals surface area contributed by atoms with Gasteiger partial charge in [-0.15, -0.1) is 0 Å². The second-order valence-corrected chi connectivity index (χ2v) is 7.54. The van der Waals surface area contributed by atoms with Crippen molar-refractivity contribution >= 4 is 23.2 Å². The van der Waals surface area contributed by atoms with E-state index in [0.29, 0.717) is 35.7 Å². The number of H-pyrrole nitrogens is 1. The Morgan fingerprint density at radius 3 is 2.55 bits per heavy atom. The van der Waals surface area contributed by atoms with Crippen molar-refractivity contribution in [2.75, 3.05) is 40.0 Å². The van der Waals surface area contributed by atoms with Crippen LogP contribution >= 0.6 is 11.3 Å². The number of nitrogens with one attached hydrogen (secondary N) is 2. The maximum Gasteiger partial charge on any atom is 0.340 e. The highest BCUT2D eigenvalue weighted by atomic mass is 32.1. The zero-order valence-corrected chi connectivity index (χ0v) is 18.6. The number of carbonyl (C=O) groups excluding carboxylic acids is 2. The van der Waals surface area contributed by atoms with Crippen LogP contribution in [0, 0.1) is 13.8 Å². The number of methoxy groups -OCH3 is 1. The number of hydrogen-bond acceptors (Lipinski definition) is 6. The fourth-order valence-electron chi connectivity index (χ4n) is 3.44. The summed E-state index contributed by atoms with van der Waals surface area (Å²) >= 11 is 1.65. The summed E-state index contributed by atoms with van der Waals surface area (Å²) in [5, 5.41) is 7.20. The summed E-state index contributed by atoms with van der Waals surface area (Å²) in [4.78, 5) is 30.6. The number of ether oxygens (including phenoxy) is 2. The van der Waals surface area contributed by atoms with Crippen LogP contribution in [0.3, 0.4) is 0 Å². The van der Waals surface area contributed by atoms with Crippen molar-refractivity contribution in [2.24, 2.45) is 0 Å². The molecule has 7 nitrogen and oxygen atoms in total. The van der Waals surface area contributed by atoms with Crippen LogP contribution < -0.4 is 5.32 Å². The van der Waals surface area contributed by atoms with Gasteiger partial charge < -0.3 is 19.8 Å². The number of rotatable bonds is 11. The Labute approximate surface area is 176 Å². The van der Waals surface area contributed by atoms with Crippen molar-refractivity contribution in [3.8, 4) is 0 Å². The third-order valence-corrected chi connectivity index (χ3v) is 5.73. The van der Waals surface area contributed by atoms with E-state index in [4.69, 9.17) is 9.47 Å². The molecular formula is C21H31N3O4S. The third-order valence-electron chi connectivity index (χ3n) is 5.03. The molecule has 0 aromatic carbocycles. The first-order valence-electron chi connectivity index (χ1n) is 9.84. The SMILES string of the molecule is CCN(CC)C(CNC(=O)c1[nH]c(C)c(C(=O)OCCOC)c1C)c1ccsc1. The summed E-state index contributed by atoms with van der Waals surface area (Å²) in [6.45, 7) is 10.5. The molecule has 0 aliphatic rings. The first kappa shape index (κ1) is 23.1. The Balaban J connectivity index is 2.12. The molecule has 0 saturated heterocycles. The molecule has 1 amide bonds. The number of hydrogen-bond donors (Lipinski definition) is 2. The average molecular weight is 422 g/mol. The van der Waals surface area contributed by atoms with Crippen LogP contribution in [0.25, 0.3) is 0 Å². The van der Waals surface area contributed by atoms with Gasteiger partial charge in [-0.2, -0.15) is 11.3 Å². The molecule has 1 unspecified atom stereocenters. The molecule has 0 saturated carbocycles. The number of amides is 1. The highest BCUT2D eigenvalue weighted by Gasteiger charge is 2.25. The molecule has 0 bridgehead atoms. The standard InChI is InChI=1S/C21H31N3O4S/c1-6-24(7-2)17(16-8-11-29-13-16)12-22-20(25)19-14(3)18(15(4)23-19)21(26)28-10-9-27-5/h8,11,13,17,23H,6-7,9-10,12H2,1-5H3,(H,22,25). The second kappa shape index (κ2) is 11.1. The van der Waals surface area contributed by atoms with E-state index in [0.717, 1.165) is 13.1 Å². The molecule has 1 atom stereocenters. The molecule has 8 heteroatoms. The van der Waals surface area contributed by atoms with Gasteiger partial charge in [0.2, 0.25) is 0 Å². The number of likely N-dealkylation sites (N-methyl/N-ethyl adjacent to an activating group) is 1. The molecule has 2 rings (SSSR count). The Kier molecular flexibility index (Phi) is 8.88. The van der Waals surface area contributed by atoms with Gasteiger partial charge in [0.05, 0.1) is 18.2 Å². The summed E-state index contributed by atoms with van der Waals surface area (Å²) in [6, 6.07) is 2.20. The van der Waals surface area contributed by atoms with Crippen LogP contribution in [0.5, 0.6) is 0 Å². The van der Waals surface area contributed by atoms with E-state index in [1.165, 1.54) is 5.56 Å². The van der Waals surface area contributed by atoms with Crippen molar-refractivity contribution in [1.29, 1.82) is 0 Å². The summed E-state index contributed by atoms with van der Waals surface area (Å²) in [5.41, 5.74) is 3.21. The molecule has 2 heterocycles. The smallest absolute Gasteiger partial charge is 0.340 e. The minimum atomic E-state index is -0.452. The van der Waals surface area contributed by atoms with E-state index in [9.17, 15) is 9.59 Å². The van der Waals surface area contributed by atoms with Gasteiger partial charge in [0.1, 0.15) is 12.3 Å². The number of aromatic nitrogens is 1. The largest absolute Gasteiger partial charge is 0.460 e. The van der Waals surface area contributed by atoms with Crippen LogP contribution in [-0.2, 0) is 9.47 Å². The Hall–Kier alpha value is -2.16. The number of nitrogens with zero attached hydrogens (tertiary/aromatic N) is 1. The number of aromatic amines is 1. The predicted molar refractivity (Wildman–Crippen MR) is 115 cm³/mol. The molecule has 0 aliphatic carbocycles. The van der Waals surface area contributed by atoms with E-state index < -0.39 is 5.97 Å². The lowest BCUT2D eigenvalue weighted by Gasteiger charge is -2.29. The monoisotopic (exact) mass is 421 g/mol. The number of thiophene rings is 1. The van der Waals surface area contributed by atoms with Gasteiger partial charge >= 0.3 is 5.97 Å². The van der Waals surface area contributed by atoms with E-state index in [2.05, 4.69) is 40.5 Å². The highest BCUT2D eigenvalue weighted by Crippen LogP contribution is 2.23. The van der Waals surface area contributed by atoms with Crippen molar-refractivity contribution in [3.63, 3.8) is 0 Å². The van der Waals surface area contributed by atoms with Gasteiger partial charge in [0.25, 0.3) is 5.91 Å². The summed E-state index contributed by atoms with van der Waals surface area (Å²) in [6.07, 6.45) is 0. The van der Waals surface area contributed by atoms with Crippen LogP contribution in [-0.4, -0.2) is 61.7 Å². The van der Waals surface area contributed by atoms with E-state index >= 15 is 0 Å². The van der Waals surface area contributed by atoms with Crippen LogP contribution in [0.4, 0.5) is 0 Å². The lowest BCUT2D eigenvalue weighted by molar-refractivity contribution is 0.0387. The lowest BCUT2D eigenvalue weighted by atomic mass is 10.1. The lowest BCUT2D eigenvalue weighted by Crippen LogP contribution is -2.38. The fraction of sp³-hybridized carbons (Fsp3) is 0.524. The predicted octanol–water partition coefficient (Wildman–Crippen LogP) is 3.31.